The summed E-state index contributed by atoms with van der Waals surface area (Å²) in [6.45, 7) is 4.92. The Morgan fingerprint density at radius 2 is 1.39 bits per heavy atom. The summed E-state index contributed by atoms with van der Waals surface area (Å²) in [5, 5.41) is 0. The molecule has 0 radical (unpaired) electrons. The third-order valence-corrected chi connectivity index (χ3v) is 6.69. The van der Waals surface area contributed by atoms with Crippen LogP contribution in [0.5, 0.6) is 0 Å². The van der Waals surface area contributed by atoms with Crippen molar-refractivity contribution in [1.82, 2.24) is 0 Å². The first-order valence-corrected chi connectivity index (χ1v) is 8.78. The van der Waals surface area contributed by atoms with Crippen LogP contribution in [0.4, 0.5) is 0 Å². The van der Waals surface area contributed by atoms with Gasteiger partial charge in [-0.05, 0) is 61.2 Å². The van der Waals surface area contributed by atoms with E-state index in [1.807, 2.05) is 0 Å². The van der Waals surface area contributed by atoms with E-state index in [0.717, 1.165) is 35.5 Å². The predicted molar refractivity (Wildman–Crippen MR) is 78.5 cm³/mol. The molecule has 0 spiro atoms. The SMILES string of the molecule is CCCC1CC2CC3CCCCC3CC2CC1C. The van der Waals surface area contributed by atoms with E-state index in [0.29, 0.717) is 0 Å². The minimum atomic E-state index is 1.02. The van der Waals surface area contributed by atoms with E-state index in [2.05, 4.69) is 13.8 Å². The van der Waals surface area contributed by atoms with Crippen molar-refractivity contribution in [3.05, 3.63) is 0 Å². The molecule has 18 heavy (non-hydrogen) atoms. The van der Waals surface area contributed by atoms with Crippen molar-refractivity contribution in [2.45, 2.75) is 78.1 Å². The van der Waals surface area contributed by atoms with Crippen LogP contribution in [0.15, 0.2) is 0 Å². The molecule has 0 heterocycles. The zero-order valence-corrected chi connectivity index (χ0v) is 12.5. The van der Waals surface area contributed by atoms with Gasteiger partial charge in [0.1, 0.15) is 0 Å². The summed E-state index contributed by atoms with van der Waals surface area (Å²) in [7, 11) is 0. The lowest BCUT2D eigenvalue weighted by Gasteiger charge is -2.49. The Hall–Kier alpha value is 0. The van der Waals surface area contributed by atoms with Gasteiger partial charge in [0.25, 0.3) is 0 Å². The zero-order valence-electron chi connectivity index (χ0n) is 12.5. The molecule has 0 nitrogen and oxygen atoms in total. The number of fused-ring (bicyclic) bond motifs is 2. The van der Waals surface area contributed by atoms with Gasteiger partial charge in [-0.2, -0.15) is 0 Å². The van der Waals surface area contributed by atoms with Crippen molar-refractivity contribution in [3.8, 4) is 0 Å². The van der Waals surface area contributed by atoms with Crippen LogP contribution in [0.25, 0.3) is 0 Å². The van der Waals surface area contributed by atoms with Crippen LogP contribution >= 0.6 is 0 Å². The molecule has 0 aromatic rings. The standard InChI is InChI=1S/C18H32/c1-3-6-14-10-18-12-16-8-5-4-7-15(16)11-17(18)9-13(14)2/h13-18H,3-12H2,1-2H3. The predicted octanol–water partition coefficient (Wildman–Crippen LogP) is 5.67. The summed E-state index contributed by atoms with van der Waals surface area (Å²) in [5.41, 5.74) is 0. The van der Waals surface area contributed by atoms with Gasteiger partial charge in [0.05, 0.1) is 0 Å². The Labute approximate surface area is 114 Å². The molecule has 0 heteroatoms. The maximum absolute atomic E-state index is 2.55. The van der Waals surface area contributed by atoms with Crippen molar-refractivity contribution < 1.29 is 0 Å². The lowest BCUT2D eigenvalue weighted by atomic mass is 9.56. The van der Waals surface area contributed by atoms with Crippen molar-refractivity contribution in [3.63, 3.8) is 0 Å². The van der Waals surface area contributed by atoms with Crippen LogP contribution in [0.3, 0.4) is 0 Å². The quantitative estimate of drug-likeness (QED) is 0.591. The second kappa shape index (κ2) is 5.55. The average Bonchev–Trinajstić information content (AvgIpc) is 2.38. The molecule has 0 bridgehead atoms. The Morgan fingerprint density at radius 1 is 0.778 bits per heavy atom. The summed E-state index contributed by atoms with van der Waals surface area (Å²) >= 11 is 0. The van der Waals surface area contributed by atoms with E-state index >= 15 is 0 Å². The molecule has 3 rings (SSSR count). The minimum absolute atomic E-state index is 1.02. The van der Waals surface area contributed by atoms with Gasteiger partial charge in [-0.25, -0.2) is 0 Å². The Bertz CT molecular complexity index is 263. The molecule has 0 aromatic carbocycles. The molecular formula is C18H32. The van der Waals surface area contributed by atoms with Crippen LogP contribution < -0.4 is 0 Å². The first-order valence-electron chi connectivity index (χ1n) is 8.78. The Kier molecular flexibility index (Phi) is 4.01. The largest absolute Gasteiger partial charge is 0.0654 e. The second-order valence-electron chi connectivity index (χ2n) is 7.79. The van der Waals surface area contributed by atoms with Gasteiger partial charge in [0.15, 0.2) is 0 Å². The Balaban J connectivity index is 1.64. The van der Waals surface area contributed by atoms with Crippen molar-refractivity contribution in [1.29, 1.82) is 0 Å². The third-order valence-electron chi connectivity index (χ3n) is 6.69. The molecule has 0 aromatic heterocycles. The highest BCUT2D eigenvalue weighted by atomic mass is 14.5. The van der Waals surface area contributed by atoms with Crippen LogP contribution in [-0.2, 0) is 0 Å². The fraction of sp³-hybridized carbons (Fsp3) is 1.00. The van der Waals surface area contributed by atoms with E-state index in [1.54, 1.807) is 38.5 Å². The number of hydrogen-bond donors (Lipinski definition) is 0. The molecule has 3 aliphatic carbocycles. The summed E-state index contributed by atoms with van der Waals surface area (Å²) in [6.07, 6.45) is 15.5. The van der Waals surface area contributed by atoms with E-state index in [1.165, 1.54) is 25.7 Å². The zero-order chi connectivity index (χ0) is 12.5. The van der Waals surface area contributed by atoms with Crippen LogP contribution in [0.1, 0.15) is 78.1 Å². The maximum atomic E-state index is 2.55. The van der Waals surface area contributed by atoms with Gasteiger partial charge in [0.2, 0.25) is 0 Å². The summed E-state index contributed by atoms with van der Waals surface area (Å²) in [4.78, 5) is 0. The van der Waals surface area contributed by atoms with Crippen molar-refractivity contribution in [2.75, 3.05) is 0 Å². The van der Waals surface area contributed by atoms with Gasteiger partial charge >= 0.3 is 0 Å². The van der Waals surface area contributed by atoms with Gasteiger partial charge in [0, 0.05) is 0 Å². The summed E-state index contributed by atoms with van der Waals surface area (Å²) < 4.78 is 0. The lowest BCUT2D eigenvalue weighted by molar-refractivity contribution is 0.0114. The van der Waals surface area contributed by atoms with E-state index in [-0.39, 0.29) is 0 Å². The molecule has 0 N–H and O–H groups in total. The smallest absolute Gasteiger partial charge is 0.0380 e. The van der Waals surface area contributed by atoms with Crippen molar-refractivity contribution >= 4 is 0 Å². The molecule has 6 unspecified atom stereocenters. The van der Waals surface area contributed by atoms with E-state index < -0.39 is 0 Å². The maximum Gasteiger partial charge on any atom is -0.0380 e. The normalized spacial score (nSPS) is 48.3. The van der Waals surface area contributed by atoms with Crippen molar-refractivity contribution in [2.24, 2.45) is 35.5 Å². The highest BCUT2D eigenvalue weighted by Crippen LogP contribution is 2.52. The molecule has 3 fully saturated rings. The molecule has 0 saturated heterocycles. The van der Waals surface area contributed by atoms with Crippen LogP contribution in [0, 0.1) is 35.5 Å². The average molecular weight is 248 g/mol. The highest BCUT2D eigenvalue weighted by Gasteiger charge is 2.42. The Morgan fingerprint density at radius 3 is 2.00 bits per heavy atom. The number of rotatable bonds is 2. The monoisotopic (exact) mass is 248 g/mol. The third kappa shape index (κ3) is 2.49. The molecule has 104 valence electrons. The summed E-state index contributed by atoms with van der Waals surface area (Å²) in [5.74, 6) is 6.60. The van der Waals surface area contributed by atoms with Gasteiger partial charge < -0.3 is 0 Å². The van der Waals surface area contributed by atoms with E-state index in [4.69, 9.17) is 0 Å². The molecule has 0 amide bonds. The van der Waals surface area contributed by atoms with E-state index in [9.17, 15) is 0 Å². The van der Waals surface area contributed by atoms with Crippen LogP contribution in [0.2, 0.25) is 0 Å². The first-order chi connectivity index (χ1) is 8.78. The first kappa shape index (κ1) is 13.0. The second-order valence-corrected chi connectivity index (χ2v) is 7.79. The molecule has 3 aliphatic rings. The summed E-state index contributed by atoms with van der Waals surface area (Å²) in [6, 6.07) is 0. The van der Waals surface area contributed by atoms with Crippen LogP contribution in [-0.4, -0.2) is 0 Å². The minimum Gasteiger partial charge on any atom is -0.0654 e. The van der Waals surface area contributed by atoms with Gasteiger partial charge in [-0.15, -0.1) is 0 Å². The highest BCUT2D eigenvalue weighted by molar-refractivity contribution is 4.92. The fourth-order valence-electron chi connectivity index (χ4n) is 5.71. The molecule has 3 saturated carbocycles. The number of hydrogen-bond acceptors (Lipinski definition) is 0. The lowest BCUT2D eigenvalue weighted by Crippen LogP contribution is -2.39. The van der Waals surface area contributed by atoms with Gasteiger partial charge in [-0.3, -0.25) is 0 Å². The topological polar surface area (TPSA) is 0 Å². The van der Waals surface area contributed by atoms with Gasteiger partial charge in [-0.1, -0.05) is 52.4 Å². The molecule has 0 aliphatic heterocycles. The molecule has 6 atom stereocenters. The fourth-order valence-corrected chi connectivity index (χ4v) is 5.71. The molecular weight excluding hydrogens is 216 g/mol.